The number of fused-ring (bicyclic) bond motifs is 1. The molecule has 1 aliphatic carbocycles. The fraction of sp³-hybridized carbons (Fsp3) is 0.600. The zero-order valence-electron chi connectivity index (χ0n) is 16.1. The number of anilines is 1. The van der Waals surface area contributed by atoms with Crippen LogP contribution in [0.2, 0.25) is 0 Å². The van der Waals surface area contributed by atoms with Crippen molar-refractivity contribution in [2.24, 2.45) is 17.8 Å². The Labute approximate surface area is 162 Å². The van der Waals surface area contributed by atoms with Crippen LogP contribution < -0.4 is 10.6 Å². The molecule has 2 aliphatic rings. The highest BCUT2D eigenvalue weighted by atomic mass is 19.4. The van der Waals surface area contributed by atoms with Crippen LogP contribution in [0.5, 0.6) is 0 Å². The first-order valence-electron chi connectivity index (χ1n) is 9.69. The van der Waals surface area contributed by atoms with Crippen molar-refractivity contribution in [1.82, 2.24) is 10.2 Å². The van der Waals surface area contributed by atoms with Gasteiger partial charge in [0.15, 0.2) is 0 Å². The summed E-state index contributed by atoms with van der Waals surface area (Å²) < 4.78 is 38.1. The van der Waals surface area contributed by atoms with E-state index in [0.29, 0.717) is 17.9 Å². The highest BCUT2D eigenvalue weighted by Crippen LogP contribution is 2.52. The predicted octanol–water partition coefficient (Wildman–Crippen LogP) is 3.13. The highest BCUT2D eigenvalue weighted by Gasteiger charge is 2.59. The number of carbonyl (C=O) groups is 2. The van der Waals surface area contributed by atoms with Gasteiger partial charge in [0.25, 0.3) is 0 Å². The Hall–Kier alpha value is -2.09. The van der Waals surface area contributed by atoms with E-state index < -0.39 is 17.6 Å². The SMILES string of the molecule is CCCC(C)N1C[C@@H]2C(C(=O)NCC(=O)Nc3cccc(C(F)(F)F)c3)[C@@H]2C1. The Bertz CT molecular complexity index is 726. The molecule has 3 rings (SSSR count). The summed E-state index contributed by atoms with van der Waals surface area (Å²) in [5, 5.41) is 5.01. The molecule has 2 N–H and O–H groups in total. The number of alkyl halides is 3. The van der Waals surface area contributed by atoms with Gasteiger partial charge in [0, 0.05) is 30.7 Å². The van der Waals surface area contributed by atoms with Gasteiger partial charge in [-0.15, -0.1) is 0 Å². The molecule has 1 saturated heterocycles. The minimum atomic E-state index is -4.47. The third kappa shape index (κ3) is 4.66. The number of halogens is 3. The maximum atomic E-state index is 12.7. The van der Waals surface area contributed by atoms with E-state index in [2.05, 4.69) is 29.4 Å². The summed E-state index contributed by atoms with van der Waals surface area (Å²) in [6.45, 7) is 5.96. The van der Waals surface area contributed by atoms with Crippen LogP contribution in [-0.2, 0) is 15.8 Å². The average molecular weight is 397 g/mol. The number of carbonyl (C=O) groups excluding carboxylic acids is 2. The Morgan fingerprint density at radius 1 is 1.25 bits per heavy atom. The second kappa shape index (κ2) is 8.11. The fourth-order valence-corrected chi connectivity index (χ4v) is 4.17. The van der Waals surface area contributed by atoms with Crippen molar-refractivity contribution in [2.45, 2.75) is 38.9 Å². The van der Waals surface area contributed by atoms with Crippen LogP contribution in [0.4, 0.5) is 18.9 Å². The summed E-state index contributed by atoms with van der Waals surface area (Å²) in [7, 11) is 0. The van der Waals surface area contributed by atoms with Crippen LogP contribution in [0.1, 0.15) is 32.3 Å². The zero-order chi connectivity index (χ0) is 20.5. The van der Waals surface area contributed by atoms with Crippen LogP contribution in [0.15, 0.2) is 24.3 Å². The number of hydrogen-bond acceptors (Lipinski definition) is 3. The van der Waals surface area contributed by atoms with E-state index >= 15 is 0 Å². The van der Waals surface area contributed by atoms with Gasteiger partial charge in [-0.25, -0.2) is 0 Å². The van der Waals surface area contributed by atoms with E-state index in [1.54, 1.807) is 0 Å². The minimum Gasteiger partial charge on any atom is -0.347 e. The van der Waals surface area contributed by atoms with Crippen molar-refractivity contribution >= 4 is 17.5 Å². The molecule has 0 aromatic heterocycles. The van der Waals surface area contributed by atoms with Crippen molar-refractivity contribution in [1.29, 1.82) is 0 Å². The van der Waals surface area contributed by atoms with Gasteiger partial charge in [-0.1, -0.05) is 19.4 Å². The molecule has 8 heteroatoms. The summed E-state index contributed by atoms with van der Waals surface area (Å²) in [4.78, 5) is 26.7. The molecule has 2 amide bonds. The summed E-state index contributed by atoms with van der Waals surface area (Å²) in [6.07, 6.45) is -2.19. The Morgan fingerprint density at radius 3 is 2.54 bits per heavy atom. The van der Waals surface area contributed by atoms with Gasteiger partial charge in [-0.3, -0.25) is 9.59 Å². The van der Waals surface area contributed by atoms with Crippen molar-refractivity contribution in [3.05, 3.63) is 29.8 Å². The standard InChI is InChI=1S/C20H26F3N3O2/c1-3-5-12(2)26-10-15-16(11-26)18(15)19(28)24-9-17(27)25-14-7-4-6-13(8-14)20(21,22)23/h4,6-8,12,15-16,18H,3,5,9-11H2,1-2H3,(H,24,28)(H,25,27)/t12?,15-,16+,18?. The smallest absolute Gasteiger partial charge is 0.347 e. The maximum absolute atomic E-state index is 12.7. The summed E-state index contributed by atoms with van der Waals surface area (Å²) in [6, 6.07) is 4.95. The van der Waals surface area contributed by atoms with E-state index in [0.717, 1.165) is 38.1 Å². The maximum Gasteiger partial charge on any atom is 0.416 e. The van der Waals surface area contributed by atoms with E-state index in [1.807, 2.05) is 0 Å². The summed E-state index contributed by atoms with van der Waals surface area (Å²) >= 11 is 0. The van der Waals surface area contributed by atoms with Crippen LogP contribution in [0.25, 0.3) is 0 Å². The number of hydrogen-bond donors (Lipinski definition) is 2. The molecule has 2 fully saturated rings. The molecule has 1 aromatic carbocycles. The van der Waals surface area contributed by atoms with Crippen LogP contribution in [-0.4, -0.2) is 42.4 Å². The van der Waals surface area contributed by atoms with Crippen LogP contribution in [0.3, 0.4) is 0 Å². The average Bonchev–Trinajstić information content (AvgIpc) is 3.13. The number of benzene rings is 1. The second-order valence-corrected chi connectivity index (χ2v) is 7.79. The molecule has 154 valence electrons. The molecule has 1 saturated carbocycles. The largest absolute Gasteiger partial charge is 0.416 e. The molecule has 0 bridgehead atoms. The van der Waals surface area contributed by atoms with Crippen LogP contribution >= 0.6 is 0 Å². The van der Waals surface area contributed by atoms with Gasteiger partial charge in [0.2, 0.25) is 11.8 Å². The molecule has 4 atom stereocenters. The quantitative estimate of drug-likeness (QED) is 0.743. The number of piperidine rings is 1. The van der Waals surface area contributed by atoms with Gasteiger partial charge in [-0.05, 0) is 43.4 Å². The van der Waals surface area contributed by atoms with Crippen molar-refractivity contribution < 1.29 is 22.8 Å². The number of nitrogens with zero attached hydrogens (tertiary/aromatic N) is 1. The van der Waals surface area contributed by atoms with Crippen LogP contribution in [0, 0.1) is 17.8 Å². The molecule has 1 aromatic rings. The first-order chi connectivity index (χ1) is 13.2. The Morgan fingerprint density at radius 2 is 1.93 bits per heavy atom. The molecule has 1 aliphatic heterocycles. The van der Waals surface area contributed by atoms with Gasteiger partial charge in [0.1, 0.15) is 0 Å². The third-order valence-corrected chi connectivity index (χ3v) is 5.75. The first-order valence-corrected chi connectivity index (χ1v) is 9.69. The number of amides is 2. The van der Waals surface area contributed by atoms with Crippen molar-refractivity contribution in [2.75, 3.05) is 25.0 Å². The Balaban J connectivity index is 1.42. The second-order valence-electron chi connectivity index (χ2n) is 7.79. The lowest BCUT2D eigenvalue weighted by Crippen LogP contribution is -2.38. The fourth-order valence-electron chi connectivity index (χ4n) is 4.17. The molecule has 28 heavy (non-hydrogen) atoms. The summed E-state index contributed by atoms with van der Waals surface area (Å²) in [5.41, 5.74) is -0.778. The molecular formula is C20H26F3N3O2. The topological polar surface area (TPSA) is 61.4 Å². The normalized spacial score (nSPS) is 25.1. The molecule has 1 heterocycles. The third-order valence-electron chi connectivity index (χ3n) is 5.75. The van der Waals surface area contributed by atoms with E-state index in [-0.39, 0.29) is 24.1 Å². The van der Waals surface area contributed by atoms with E-state index in [9.17, 15) is 22.8 Å². The first kappa shape index (κ1) is 20.6. The predicted molar refractivity (Wildman–Crippen MR) is 99.5 cm³/mol. The molecule has 0 radical (unpaired) electrons. The molecule has 2 unspecified atom stereocenters. The van der Waals surface area contributed by atoms with Crippen molar-refractivity contribution in [3.63, 3.8) is 0 Å². The van der Waals surface area contributed by atoms with Gasteiger partial charge >= 0.3 is 6.18 Å². The minimum absolute atomic E-state index is 0.0496. The lowest BCUT2D eigenvalue weighted by atomic mass is 10.1. The molecule has 0 spiro atoms. The highest BCUT2D eigenvalue weighted by molar-refractivity contribution is 5.95. The van der Waals surface area contributed by atoms with Gasteiger partial charge < -0.3 is 15.5 Å². The molecule has 5 nitrogen and oxygen atoms in total. The zero-order valence-corrected chi connectivity index (χ0v) is 16.1. The summed E-state index contributed by atoms with van der Waals surface area (Å²) in [5.74, 6) is -0.0308. The van der Waals surface area contributed by atoms with Gasteiger partial charge in [0.05, 0.1) is 12.1 Å². The number of nitrogens with one attached hydrogen (secondary N) is 2. The number of likely N-dealkylation sites (tertiary alicyclic amines) is 1. The lowest BCUT2D eigenvalue weighted by molar-refractivity contribution is -0.137. The Kier molecular flexibility index (Phi) is 5.98. The number of rotatable bonds is 7. The monoisotopic (exact) mass is 397 g/mol. The van der Waals surface area contributed by atoms with Crippen molar-refractivity contribution in [3.8, 4) is 0 Å². The van der Waals surface area contributed by atoms with E-state index in [4.69, 9.17) is 0 Å². The molecular weight excluding hydrogens is 371 g/mol. The lowest BCUT2D eigenvalue weighted by Gasteiger charge is -2.26. The van der Waals surface area contributed by atoms with E-state index in [1.165, 1.54) is 12.1 Å². The van der Waals surface area contributed by atoms with Gasteiger partial charge in [-0.2, -0.15) is 13.2 Å².